The molecule has 6 heteroatoms. The fourth-order valence-electron chi connectivity index (χ4n) is 4.80. The molecule has 0 fully saturated rings. The molecule has 0 bridgehead atoms. The number of carbonyl (C=O) groups is 1. The lowest BCUT2D eigenvalue weighted by atomic mass is 9.87. The fourth-order valence-corrected chi connectivity index (χ4v) is 4.80. The van der Waals surface area contributed by atoms with E-state index in [1.807, 2.05) is 78.0 Å². The van der Waals surface area contributed by atoms with E-state index in [1.54, 1.807) is 6.07 Å². The van der Waals surface area contributed by atoms with Crippen LogP contribution in [0.3, 0.4) is 0 Å². The number of Topliss-reactive ketones (excluding diaryl/α,β-unsaturated/α-hetero) is 1. The summed E-state index contributed by atoms with van der Waals surface area (Å²) in [6, 6.07) is 3.45. The Balaban J connectivity index is 1.61. The van der Waals surface area contributed by atoms with E-state index in [-0.39, 0.29) is 29.3 Å². The van der Waals surface area contributed by atoms with E-state index < -0.39 is 17.3 Å². The molecule has 0 amide bonds. The Morgan fingerprint density at radius 2 is 1.67 bits per heavy atom. The number of rotatable bonds is 3. The Kier molecular flexibility index (Phi) is 5.47. The van der Waals surface area contributed by atoms with Crippen LogP contribution < -0.4 is 14.2 Å². The van der Waals surface area contributed by atoms with Crippen molar-refractivity contribution in [3.8, 4) is 28.7 Å². The molecular weight excluding hydrogens is 456 g/mol. The number of aromatic hydroxyl groups is 2. The van der Waals surface area contributed by atoms with Crippen molar-refractivity contribution < 1.29 is 29.2 Å². The molecule has 1 unspecified atom stereocenters. The first kappa shape index (κ1) is 24.0. The molecule has 0 aliphatic carbocycles. The molecule has 6 nitrogen and oxygen atoms in total. The largest absolute Gasteiger partial charge is 0.507 e. The van der Waals surface area contributed by atoms with Crippen LogP contribution in [0, 0.1) is 0 Å². The molecular formula is C30H32O6. The molecule has 36 heavy (non-hydrogen) atoms. The number of hydrogen-bond acceptors (Lipinski definition) is 6. The Labute approximate surface area is 211 Å². The molecule has 3 aliphatic rings. The number of phenols is 2. The second kappa shape index (κ2) is 8.19. The Bertz CT molecular complexity index is 1370. The second-order valence-electron chi connectivity index (χ2n) is 11.0. The van der Waals surface area contributed by atoms with Gasteiger partial charge in [-0.05, 0) is 83.9 Å². The topological polar surface area (TPSA) is 85.2 Å². The summed E-state index contributed by atoms with van der Waals surface area (Å²) in [7, 11) is 0. The van der Waals surface area contributed by atoms with Gasteiger partial charge in [0.05, 0.1) is 12.0 Å². The lowest BCUT2D eigenvalue weighted by Crippen LogP contribution is -2.30. The van der Waals surface area contributed by atoms with Crippen molar-refractivity contribution >= 4 is 17.9 Å². The molecule has 5 rings (SSSR count). The summed E-state index contributed by atoms with van der Waals surface area (Å²) in [5.41, 5.74) is 2.78. The highest BCUT2D eigenvalue weighted by atomic mass is 16.5. The lowest BCUT2D eigenvalue weighted by Gasteiger charge is -2.35. The predicted octanol–water partition coefficient (Wildman–Crippen LogP) is 6.68. The van der Waals surface area contributed by atoms with Gasteiger partial charge < -0.3 is 24.4 Å². The monoisotopic (exact) mass is 488 g/mol. The highest BCUT2D eigenvalue weighted by Crippen LogP contribution is 2.52. The van der Waals surface area contributed by atoms with E-state index >= 15 is 0 Å². The summed E-state index contributed by atoms with van der Waals surface area (Å²) in [5.74, 6) is 0.921. The molecule has 2 N–H and O–H groups in total. The zero-order valence-corrected chi connectivity index (χ0v) is 21.6. The molecule has 2 aromatic carbocycles. The number of phenolic OH excluding ortho intramolecular Hbond substituents is 2. The minimum absolute atomic E-state index is 0.00584. The summed E-state index contributed by atoms with van der Waals surface area (Å²) in [5, 5.41) is 22.0. The number of carbonyl (C=O) groups excluding carboxylic acids is 1. The summed E-state index contributed by atoms with van der Waals surface area (Å²) in [6.07, 6.45) is 9.48. The number of benzene rings is 2. The first-order chi connectivity index (χ1) is 16.8. The van der Waals surface area contributed by atoms with Crippen molar-refractivity contribution in [1.82, 2.24) is 0 Å². The minimum atomic E-state index is -0.639. The highest BCUT2D eigenvalue weighted by Gasteiger charge is 2.38. The molecule has 3 aliphatic heterocycles. The van der Waals surface area contributed by atoms with Crippen LogP contribution in [-0.4, -0.2) is 27.2 Å². The maximum atomic E-state index is 13.4. The maximum Gasteiger partial charge on any atom is 0.174 e. The van der Waals surface area contributed by atoms with Gasteiger partial charge in [0, 0.05) is 11.1 Å². The average molecular weight is 489 g/mol. The van der Waals surface area contributed by atoms with E-state index in [1.165, 1.54) is 0 Å². The molecule has 188 valence electrons. The molecule has 0 saturated heterocycles. The first-order valence-electron chi connectivity index (χ1n) is 12.2. The third-order valence-electron chi connectivity index (χ3n) is 6.68. The van der Waals surface area contributed by atoms with Crippen LogP contribution in [0.5, 0.6) is 28.7 Å². The molecule has 3 heterocycles. The Hall–Kier alpha value is -3.67. The van der Waals surface area contributed by atoms with Gasteiger partial charge in [0.25, 0.3) is 0 Å². The van der Waals surface area contributed by atoms with E-state index in [2.05, 4.69) is 0 Å². The van der Waals surface area contributed by atoms with Gasteiger partial charge in [0.1, 0.15) is 40.1 Å². The van der Waals surface area contributed by atoms with Gasteiger partial charge in [0.2, 0.25) is 0 Å². The predicted molar refractivity (Wildman–Crippen MR) is 139 cm³/mol. The number of fused-ring (bicyclic) bond motifs is 4. The normalized spacial score (nSPS) is 20.3. The maximum absolute atomic E-state index is 13.4. The quantitative estimate of drug-likeness (QED) is 0.469. The Morgan fingerprint density at radius 3 is 2.36 bits per heavy atom. The van der Waals surface area contributed by atoms with E-state index in [4.69, 9.17) is 14.2 Å². The van der Waals surface area contributed by atoms with Gasteiger partial charge in [0.15, 0.2) is 17.3 Å². The second-order valence-corrected chi connectivity index (χ2v) is 11.0. The van der Waals surface area contributed by atoms with Gasteiger partial charge >= 0.3 is 0 Å². The average Bonchev–Trinajstić information content (AvgIpc) is 2.77. The van der Waals surface area contributed by atoms with E-state index in [0.29, 0.717) is 40.4 Å². The minimum Gasteiger partial charge on any atom is -0.507 e. The van der Waals surface area contributed by atoms with Crippen LogP contribution in [0.15, 0.2) is 35.9 Å². The van der Waals surface area contributed by atoms with Crippen LogP contribution in [0.25, 0.3) is 12.2 Å². The number of hydrogen-bond donors (Lipinski definition) is 2. The molecule has 0 radical (unpaired) electrons. The van der Waals surface area contributed by atoms with Gasteiger partial charge in [-0.2, -0.15) is 0 Å². The fraction of sp³-hybridized carbons (Fsp3) is 0.367. The van der Waals surface area contributed by atoms with Crippen LogP contribution in [0.1, 0.15) is 86.7 Å². The molecule has 1 atom stereocenters. The summed E-state index contributed by atoms with van der Waals surface area (Å²) in [4.78, 5) is 13.4. The summed E-state index contributed by atoms with van der Waals surface area (Å²) >= 11 is 0. The van der Waals surface area contributed by atoms with Crippen LogP contribution in [0.2, 0.25) is 0 Å². The van der Waals surface area contributed by atoms with E-state index in [9.17, 15) is 15.0 Å². The van der Waals surface area contributed by atoms with E-state index in [0.717, 1.165) is 11.1 Å². The number of allylic oxidation sites excluding steroid dienone is 2. The van der Waals surface area contributed by atoms with Gasteiger partial charge in [-0.3, -0.25) is 4.79 Å². The van der Waals surface area contributed by atoms with Crippen LogP contribution >= 0.6 is 0 Å². The lowest BCUT2D eigenvalue weighted by molar-refractivity contribution is 0.0840. The number of ether oxygens (including phenoxy) is 3. The zero-order chi connectivity index (χ0) is 26.0. The van der Waals surface area contributed by atoms with Crippen molar-refractivity contribution in [3.05, 3.63) is 63.8 Å². The molecule has 2 aromatic rings. The Morgan fingerprint density at radius 1 is 1.00 bits per heavy atom. The van der Waals surface area contributed by atoms with Gasteiger partial charge in [-0.15, -0.1) is 0 Å². The molecule has 0 spiro atoms. The standard InChI is InChI=1S/C30H32O6/c1-16(2)7-8-19-25(33)24-21(31)15-23(34-28(24)20-10-12-30(5,6)36-27(19)20)18-13-17-9-11-29(3,4)35-26(17)22(32)14-18/h7,9-14,23,32-33H,8,15H2,1-6H3. The van der Waals surface area contributed by atoms with Gasteiger partial charge in [-0.1, -0.05) is 17.7 Å². The third kappa shape index (κ3) is 4.15. The van der Waals surface area contributed by atoms with Crippen molar-refractivity contribution in [3.63, 3.8) is 0 Å². The SMILES string of the molecule is CC(C)=CCc1c(O)c2c(c3c1OC(C)(C)C=C3)OC(c1cc(O)c3c(c1)C=CC(C)(C)O3)CC2=O. The summed E-state index contributed by atoms with van der Waals surface area (Å²) < 4.78 is 18.6. The van der Waals surface area contributed by atoms with Crippen LogP contribution in [0.4, 0.5) is 0 Å². The van der Waals surface area contributed by atoms with Crippen molar-refractivity contribution in [1.29, 1.82) is 0 Å². The van der Waals surface area contributed by atoms with Gasteiger partial charge in [-0.25, -0.2) is 0 Å². The highest BCUT2D eigenvalue weighted by molar-refractivity contribution is 6.05. The van der Waals surface area contributed by atoms with Crippen LogP contribution in [-0.2, 0) is 6.42 Å². The van der Waals surface area contributed by atoms with Crippen molar-refractivity contribution in [2.75, 3.05) is 0 Å². The van der Waals surface area contributed by atoms with Crippen molar-refractivity contribution in [2.24, 2.45) is 0 Å². The zero-order valence-electron chi connectivity index (χ0n) is 21.6. The first-order valence-corrected chi connectivity index (χ1v) is 12.2. The smallest absolute Gasteiger partial charge is 0.174 e. The molecule has 0 aromatic heterocycles. The third-order valence-corrected chi connectivity index (χ3v) is 6.68. The van der Waals surface area contributed by atoms with Crippen molar-refractivity contribution in [2.45, 2.75) is 71.7 Å². The summed E-state index contributed by atoms with van der Waals surface area (Å²) in [6.45, 7) is 11.7. The molecule has 0 saturated carbocycles. The number of ketones is 1.